The Balaban J connectivity index is 2.83. The highest BCUT2D eigenvalue weighted by Crippen LogP contribution is 2.25. The van der Waals surface area contributed by atoms with E-state index in [0.717, 1.165) is 5.56 Å². The van der Waals surface area contributed by atoms with Gasteiger partial charge in [-0.2, -0.15) is 0 Å². The van der Waals surface area contributed by atoms with Gasteiger partial charge in [0.1, 0.15) is 0 Å². The number of rotatable bonds is 9. The Labute approximate surface area is 132 Å². The summed E-state index contributed by atoms with van der Waals surface area (Å²) in [5.74, 6) is 1.37. The molecule has 1 aromatic carbocycles. The van der Waals surface area contributed by atoms with E-state index in [1.54, 1.807) is 12.2 Å². The van der Waals surface area contributed by atoms with E-state index >= 15 is 0 Å². The molecule has 0 saturated carbocycles. The second-order valence-corrected chi connectivity index (χ2v) is 4.85. The van der Waals surface area contributed by atoms with Crippen LogP contribution in [0.4, 0.5) is 0 Å². The highest BCUT2D eigenvalue weighted by molar-refractivity contribution is 5.73. The first kappa shape index (κ1) is 17.7. The summed E-state index contributed by atoms with van der Waals surface area (Å²) in [6.07, 6.45) is 8.61. The van der Waals surface area contributed by atoms with Gasteiger partial charge in [0, 0.05) is 12.3 Å². The van der Waals surface area contributed by atoms with Crippen LogP contribution in [0.5, 0.6) is 0 Å². The molecule has 3 nitrogen and oxygen atoms in total. The fourth-order valence-electron chi connectivity index (χ4n) is 2.29. The quantitative estimate of drug-likeness (QED) is 0.398. The summed E-state index contributed by atoms with van der Waals surface area (Å²) in [5, 5.41) is 0. The van der Waals surface area contributed by atoms with Crippen LogP contribution in [0, 0.1) is 24.2 Å². The molecule has 0 saturated heterocycles. The van der Waals surface area contributed by atoms with Crippen LogP contribution in [-0.2, 0) is 20.9 Å². The van der Waals surface area contributed by atoms with Gasteiger partial charge in [-0.1, -0.05) is 42.5 Å². The van der Waals surface area contributed by atoms with Crippen LogP contribution < -0.4 is 0 Å². The Morgan fingerprint density at radius 3 is 2.50 bits per heavy atom. The van der Waals surface area contributed by atoms with Gasteiger partial charge in [-0.25, -0.2) is 0 Å². The molecule has 116 valence electrons. The van der Waals surface area contributed by atoms with Crippen molar-refractivity contribution in [2.45, 2.75) is 19.1 Å². The van der Waals surface area contributed by atoms with Crippen molar-refractivity contribution in [3.63, 3.8) is 0 Å². The van der Waals surface area contributed by atoms with E-state index in [0.29, 0.717) is 6.61 Å². The lowest BCUT2D eigenvalue weighted by molar-refractivity contribution is -0.148. The minimum atomic E-state index is -0.494. The van der Waals surface area contributed by atoms with Crippen LogP contribution in [-0.4, -0.2) is 19.2 Å². The zero-order valence-corrected chi connectivity index (χ0v) is 12.9. The van der Waals surface area contributed by atoms with Crippen molar-refractivity contribution in [2.75, 3.05) is 7.11 Å². The largest absolute Gasteiger partial charge is 0.469 e. The first-order valence-electron chi connectivity index (χ1n) is 7.09. The van der Waals surface area contributed by atoms with E-state index in [2.05, 4.69) is 19.1 Å². The van der Waals surface area contributed by atoms with E-state index in [1.165, 1.54) is 7.11 Å². The summed E-state index contributed by atoms with van der Waals surface area (Å²) in [7, 11) is 1.35. The second kappa shape index (κ2) is 9.59. The summed E-state index contributed by atoms with van der Waals surface area (Å²) < 4.78 is 10.7. The Morgan fingerprint density at radius 2 is 2.00 bits per heavy atom. The third-order valence-electron chi connectivity index (χ3n) is 3.48. The van der Waals surface area contributed by atoms with Gasteiger partial charge in [-0.3, -0.25) is 4.79 Å². The van der Waals surface area contributed by atoms with Crippen LogP contribution in [0.15, 0.2) is 55.6 Å². The predicted molar refractivity (Wildman–Crippen MR) is 87.9 cm³/mol. The van der Waals surface area contributed by atoms with E-state index in [-0.39, 0.29) is 24.4 Å². The first-order valence-corrected chi connectivity index (χ1v) is 7.09. The van der Waals surface area contributed by atoms with Crippen molar-refractivity contribution < 1.29 is 14.3 Å². The number of esters is 1. The number of methoxy groups -OCH3 is 1. The average molecular weight is 298 g/mol. The summed E-state index contributed by atoms with van der Waals surface area (Å²) in [6.45, 7) is 8.02. The predicted octanol–water partition coefficient (Wildman–Crippen LogP) is 3.37. The van der Waals surface area contributed by atoms with Crippen molar-refractivity contribution in [1.82, 2.24) is 0 Å². The minimum absolute atomic E-state index is 0.266. The monoisotopic (exact) mass is 298 g/mol. The lowest BCUT2D eigenvalue weighted by atomic mass is 9.85. The molecule has 0 spiro atoms. The topological polar surface area (TPSA) is 35.5 Å². The number of hydrogen-bond acceptors (Lipinski definition) is 3. The van der Waals surface area contributed by atoms with Crippen LogP contribution in [0.2, 0.25) is 0 Å². The molecule has 0 aliphatic carbocycles. The minimum Gasteiger partial charge on any atom is -0.469 e. The van der Waals surface area contributed by atoms with Gasteiger partial charge in [0.25, 0.3) is 0 Å². The van der Waals surface area contributed by atoms with Crippen LogP contribution in [0.1, 0.15) is 12.0 Å². The van der Waals surface area contributed by atoms with Crippen LogP contribution in [0.3, 0.4) is 0 Å². The normalized spacial score (nSPS) is 14.2. The third-order valence-corrected chi connectivity index (χ3v) is 3.48. The van der Waals surface area contributed by atoms with Crippen molar-refractivity contribution in [3.8, 4) is 12.3 Å². The van der Waals surface area contributed by atoms with Gasteiger partial charge < -0.3 is 9.47 Å². The fraction of sp³-hybridized carbons (Fsp3) is 0.316. The van der Waals surface area contributed by atoms with E-state index in [1.807, 2.05) is 30.3 Å². The fourth-order valence-corrected chi connectivity index (χ4v) is 2.29. The van der Waals surface area contributed by atoms with E-state index in [9.17, 15) is 4.79 Å². The SMILES string of the molecule is C#CC[C@H](C(=O)OC)[C@H](C=C)[C@@H](C=C)OCc1ccccc1. The van der Waals surface area contributed by atoms with Crippen molar-refractivity contribution in [3.05, 3.63) is 61.2 Å². The van der Waals surface area contributed by atoms with Gasteiger partial charge in [-0.05, 0) is 5.56 Å². The number of benzene rings is 1. The zero-order chi connectivity index (χ0) is 16.4. The molecule has 1 rings (SSSR count). The van der Waals surface area contributed by atoms with Crippen molar-refractivity contribution in [2.24, 2.45) is 11.8 Å². The number of ether oxygens (including phenoxy) is 2. The standard InChI is InChI=1S/C19H22O3/c1-5-11-17(19(20)21-4)16(6-2)18(7-3)22-14-15-12-9-8-10-13-15/h1,6-10,12-13,16-18H,2-3,11,14H2,4H3/t16-,17-,18+/m0/s1. The van der Waals surface area contributed by atoms with Crippen molar-refractivity contribution >= 4 is 5.97 Å². The number of carbonyl (C=O) groups excluding carboxylic acids is 1. The summed E-state index contributed by atoms with van der Waals surface area (Å²) in [6, 6.07) is 9.79. The number of carbonyl (C=O) groups is 1. The molecule has 1 aromatic rings. The Kier molecular flexibility index (Phi) is 7.74. The van der Waals surface area contributed by atoms with Crippen LogP contribution in [0.25, 0.3) is 0 Å². The van der Waals surface area contributed by atoms with Gasteiger partial charge in [-0.15, -0.1) is 25.5 Å². The first-order chi connectivity index (χ1) is 10.7. The molecule has 0 amide bonds. The molecule has 0 N–H and O–H groups in total. The highest BCUT2D eigenvalue weighted by Gasteiger charge is 2.31. The molecule has 0 heterocycles. The summed E-state index contributed by atoms with van der Waals surface area (Å²) in [4.78, 5) is 11.9. The second-order valence-electron chi connectivity index (χ2n) is 4.85. The molecule has 0 fully saturated rings. The molecule has 3 heteroatoms. The van der Waals surface area contributed by atoms with Crippen LogP contribution >= 0.6 is 0 Å². The molecule has 0 aromatic heterocycles. The molecule has 0 bridgehead atoms. The molecule has 22 heavy (non-hydrogen) atoms. The van der Waals surface area contributed by atoms with E-state index in [4.69, 9.17) is 15.9 Å². The Bertz CT molecular complexity index is 527. The lowest BCUT2D eigenvalue weighted by Gasteiger charge is -2.27. The maximum atomic E-state index is 11.9. The smallest absolute Gasteiger partial charge is 0.310 e. The number of terminal acetylenes is 1. The Morgan fingerprint density at radius 1 is 1.32 bits per heavy atom. The lowest BCUT2D eigenvalue weighted by Crippen LogP contribution is -2.32. The number of hydrogen-bond donors (Lipinski definition) is 0. The molecule has 0 unspecified atom stereocenters. The van der Waals surface area contributed by atoms with Gasteiger partial charge in [0.05, 0.1) is 25.7 Å². The summed E-state index contributed by atoms with van der Waals surface area (Å²) >= 11 is 0. The Hall–Kier alpha value is -2.31. The highest BCUT2D eigenvalue weighted by atomic mass is 16.5. The maximum Gasteiger partial charge on any atom is 0.310 e. The molecule has 0 radical (unpaired) electrons. The van der Waals surface area contributed by atoms with Gasteiger partial charge >= 0.3 is 5.97 Å². The molecule has 3 atom stereocenters. The van der Waals surface area contributed by atoms with Crippen molar-refractivity contribution in [1.29, 1.82) is 0 Å². The van der Waals surface area contributed by atoms with Gasteiger partial charge in [0.15, 0.2) is 0 Å². The molecular weight excluding hydrogens is 276 g/mol. The van der Waals surface area contributed by atoms with Gasteiger partial charge in [0.2, 0.25) is 0 Å². The molecular formula is C19H22O3. The molecule has 0 aliphatic heterocycles. The summed E-state index contributed by atoms with van der Waals surface area (Å²) in [5.41, 5.74) is 1.05. The molecule has 0 aliphatic rings. The average Bonchev–Trinajstić information content (AvgIpc) is 2.57. The maximum absolute atomic E-state index is 11.9. The van der Waals surface area contributed by atoms with E-state index < -0.39 is 5.92 Å². The zero-order valence-electron chi connectivity index (χ0n) is 12.9. The third kappa shape index (κ3) is 4.91.